The fraction of sp³-hybridized carbons (Fsp3) is 0.611. The Bertz CT molecular complexity index is 532. The summed E-state index contributed by atoms with van der Waals surface area (Å²) < 4.78 is 5.16. The molecule has 2 saturated heterocycles. The van der Waals surface area contributed by atoms with Crippen molar-refractivity contribution < 1.29 is 9.53 Å². The first-order valence-electron chi connectivity index (χ1n) is 8.42. The van der Waals surface area contributed by atoms with E-state index in [-0.39, 0.29) is 11.9 Å². The third-order valence-electron chi connectivity index (χ3n) is 4.86. The van der Waals surface area contributed by atoms with Crippen LogP contribution in [0.25, 0.3) is 0 Å². The van der Waals surface area contributed by atoms with Crippen LogP contribution in [-0.2, 0) is 9.53 Å². The molecule has 2 heterocycles. The molecule has 1 aromatic rings. The van der Waals surface area contributed by atoms with Crippen LogP contribution in [0.4, 0.5) is 5.69 Å². The molecule has 2 aliphatic heterocycles. The molecule has 2 fully saturated rings. The first-order valence-corrected chi connectivity index (χ1v) is 8.42. The number of carbonyl (C=O) groups excluding carboxylic acids is 1. The summed E-state index contributed by atoms with van der Waals surface area (Å²) >= 11 is 0. The molecule has 0 aromatic heterocycles. The summed E-state index contributed by atoms with van der Waals surface area (Å²) in [4.78, 5) is 14.3. The fourth-order valence-corrected chi connectivity index (χ4v) is 3.40. The van der Waals surface area contributed by atoms with Crippen molar-refractivity contribution in [2.45, 2.75) is 32.6 Å². The minimum Gasteiger partial charge on any atom is -0.466 e. The zero-order valence-electron chi connectivity index (χ0n) is 13.6. The number of ether oxygens (including phenoxy) is 1. The van der Waals surface area contributed by atoms with Gasteiger partial charge in [-0.1, -0.05) is 12.1 Å². The van der Waals surface area contributed by atoms with E-state index in [0.29, 0.717) is 12.5 Å². The molecule has 2 aliphatic rings. The van der Waals surface area contributed by atoms with Gasteiger partial charge in [0.15, 0.2) is 0 Å². The van der Waals surface area contributed by atoms with Crippen LogP contribution in [0.5, 0.6) is 0 Å². The number of aryl methyl sites for hydroxylation is 1. The van der Waals surface area contributed by atoms with Gasteiger partial charge < -0.3 is 15.0 Å². The van der Waals surface area contributed by atoms with Crippen LogP contribution in [0.15, 0.2) is 18.2 Å². The Hall–Kier alpha value is -1.55. The van der Waals surface area contributed by atoms with E-state index in [9.17, 15) is 4.79 Å². The standard InChI is InChI=1S/C18H26N2O2/c1-3-22-18(21)14-6-8-20(9-7-14)17-10-13(2)4-5-16(17)15-11-19-12-15/h4-5,10,14-15,19H,3,6-9,11-12H2,1-2H3. The van der Waals surface area contributed by atoms with Crippen LogP contribution in [-0.4, -0.2) is 38.8 Å². The second-order valence-electron chi connectivity index (χ2n) is 6.43. The molecule has 0 atom stereocenters. The lowest BCUT2D eigenvalue weighted by molar-refractivity contribution is -0.148. The van der Waals surface area contributed by atoms with Gasteiger partial charge in [0, 0.05) is 37.8 Å². The van der Waals surface area contributed by atoms with Gasteiger partial charge in [0.2, 0.25) is 0 Å². The fourth-order valence-electron chi connectivity index (χ4n) is 3.40. The number of piperidine rings is 1. The maximum absolute atomic E-state index is 11.9. The SMILES string of the molecule is CCOC(=O)C1CCN(c2cc(C)ccc2C2CNC2)CC1. The number of hydrogen-bond acceptors (Lipinski definition) is 4. The number of nitrogens with one attached hydrogen (secondary N) is 1. The molecule has 1 aromatic carbocycles. The van der Waals surface area contributed by atoms with Crippen molar-refractivity contribution in [3.8, 4) is 0 Å². The van der Waals surface area contributed by atoms with Gasteiger partial charge in [0.05, 0.1) is 12.5 Å². The van der Waals surface area contributed by atoms with Crippen LogP contribution >= 0.6 is 0 Å². The van der Waals surface area contributed by atoms with Gasteiger partial charge in [-0.05, 0) is 43.9 Å². The summed E-state index contributed by atoms with van der Waals surface area (Å²) in [5.41, 5.74) is 4.13. The second kappa shape index (κ2) is 6.69. The van der Waals surface area contributed by atoms with E-state index < -0.39 is 0 Å². The smallest absolute Gasteiger partial charge is 0.309 e. The monoisotopic (exact) mass is 302 g/mol. The van der Waals surface area contributed by atoms with Crippen LogP contribution in [0.1, 0.15) is 36.8 Å². The lowest BCUT2D eigenvalue weighted by Gasteiger charge is -2.37. The molecular formula is C18H26N2O2. The van der Waals surface area contributed by atoms with Gasteiger partial charge in [-0.25, -0.2) is 0 Å². The minimum atomic E-state index is -0.0187. The highest BCUT2D eigenvalue weighted by Crippen LogP contribution is 2.33. The Labute approximate surface area is 132 Å². The van der Waals surface area contributed by atoms with Crippen molar-refractivity contribution in [3.63, 3.8) is 0 Å². The summed E-state index contributed by atoms with van der Waals surface area (Å²) in [5, 5.41) is 3.36. The summed E-state index contributed by atoms with van der Waals surface area (Å²) in [6.07, 6.45) is 1.80. The molecule has 1 N–H and O–H groups in total. The molecule has 0 bridgehead atoms. The number of nitrogens with zero attached hydrogens (tertiary/aromatic N) is 1. The van der Waals surface area contributed by atoms with Crippen molar-refractivity contribution in [3.05, 3.63) is 29.3 Å². The summed E-state index contributed by atoms with van der Waals surface area (Å²) in [5.74, 6) is 0.697. The van der Waals surface area contributed by atoms with Crippen LogP contribution in [0.2, 0.25) is 0 Å². The topological polar surface area (TPSA) is 41.6 Å². The second-order valence-corrected chi connectivity index (χ2v) is 6.43. The van der Waals surface area contributed by atoms with Gasteiger partial charge in [-0.15, -0.1) is 0 Å². The Morgan fingerprint density at radius 2 is 2.05 bits per heavy atom. The van der Waals surface area contributed by atoms with Gasteiger partial charge in [-0.2, -0.15) is 0 Å². The van der Waals surface area contributed by atoms with Crippen molar-refractivity contribution in [1.82, 2.24) is 5.32 Å². The molecule has 0 amide bonds. The quantitative estimate of drug-likeness (QED) is 0.868. The lowest BCUT2D eigenvalue weighted by atomic mass is 9.89. The van der Waals surface area contributed by atoms with E-state index in [2.05, 4.69) is 35.3 Å². The largest absolute Gasteiger partial charge is 0.466 e. The molecule has 4 heteroatoms. The maximum Gasteiger partial charge on any atom is 0.309 e. The Kier molecular flexibility index (Phi) is 4.67. The van der Waals surface area contributed by atoms with Crippen molar-refractivity contribution in [2.75, 3.05) is 37.7 Å². The Morgan fingerprint density at radius 3 is 2.64 bits per heavy atom. The zero-order chi connectivity index (χ0) is 15.5. The molecule has 22 heavy (non-hydrogen) atoms. The van der Waals surface area contributed by atoms with Crippen LogP contribution in [0.3, 0.4) is 0 Å². The van der Waals surface area contributed by atoms with E-state index in [1.807, 2.05) is 6.92 Å². The normalized spacial score (nSPS) is 19.8. The Morgan fingerprint density at radius 1 is 1.32 bits per heavy atom. The number of carbonyl (C=O) groups is 1. The average Bonchev–Trinajstić information content (AvgIpc) is 2.48. The van der Waals surface area contributed by atoms with Gasteiger partial charge in [0.1, 0.15) is 0 Å². The first kappa shape index (κ1) is 15.3. The van der Waals surface area contributed by atoms with Crippen LogP contribution in [0, 0.1) is 12.8 Å². The van der Waals surface area contributed by atoms with E-state index in [4.69, 9.17) is 4.74 Å². The average molecular weight is 302 g/mol. The third kappa shape index (κ3) is 3.12. The highest BCUT2D eigenvalue weighted by molar-refractivity contribution is 5.73. The Balaban J connectivity index is 1.70. The van der Waals surface area contributed by atoms with Crippen molar-refractivity contribution in [2.24, 2.45) is 5.92 Å². The first-order chi connectivity index (χ1) is 10.7. The predicted molar refractivity (Wildman–Crippen MR) is 88.4 cm³/mol. The number of benzene rings is 1. The molecule has 4 nitrogen and oxygen atoms in total. The van der Waals surface area contributed by atoms with E-state index in [0.717, 1.165) is 39.0 Å². The summed E-state index contributed by atoms with van der Waals surface area (Å²) in [7, 11) is 0. The molecular weight excluding hydrogens is 276 g/mol. The van der Waals surface area contributed by atoms with Crippen molar-refractivity contribution in [1.29, 1.82) is 0 Å². The van der Waals surface area contributed by atoms with Gasteiger partial charge in [0.25, 0.3) is 0 Å². The lowest BCUT2D eigenvalue weighted by Crippen LogP contribution is -2.42. The molecule has 0 saturated carbocycles. The summed E-state index contributed by atoms with van der Waals surface area (Å²) in [6.45, 7) is 8.55. The molecule has 0 radical (unpaired) electrons. The van der Waals surface area contributed by atoms with Crippen LogP contribution < -0.4 is 10.2 Å². The molecule has 0 aliphatic carbocycles. The summed E-state index contributed by atoms with van der Waals surface area (Å²) in [6, 6.07) is 6.80. The van der Waals surface area contributed by atoms with E-state index >= 15 is 0 Å². The molecule has 0 spiro atoms. The number of hydrogen-bond donors (Lipinski definition) is 1. The molecule has 0 unspecified atom stereocenters. The van der Waals surface area contributed by atoms with Gasteiger partial charge >= 0.3 is 5.97 Å². The van der Waals surface area contributed by atoms with E-state index in [1.165, 1.54) is 16.8 Å². The number of esters is 1. The van der Waals surface area contributed by atoms with Gasteiger partial charge in [-0.3, -0.25) is 4.79 Å². The number of rotatable bonds is 4. The molecule has 120 valence electrons. The zero-order valence-corrected chi connectivity index (χ0v) is 13.6. The van der Waals surface area contributed by atoms with Crippen molar-refractivity contribution >= 4 is 11.7 Å². The minimum absolute atomic E-state index is 0.0187. The highest BCUT2D eigenvalue weighted by Gasteiger charge is 2.29. The maximum atomic E-state index is 11.9. The number of anilines is 1. The predicted octanol–water partition coefficient (Wildman–Crippen LogP) is 2.46. The highest BCUT2D eigenvalue weighted by atomic mass is 16.5. The molecule has 3 rings (SSSR count). The third-order valence-corrected chi connectivity index (χ3v) is 4.86. The van der Waals surface area contributed by atoms with E-state index in [1.54, 1.807) is 0 Å².